The van der Waals surface area contributed by atoms with Crippen molar-refractivity contribution in [2.45, 2.75) is 51.6 Å². The molecule has 20 heavy (non-hydrogen) atoms. The molecule has 1 saturated carbocycles. The van der Waals surface area contributed by atoms with Gasteiger partial charge in [0.05, 0.1) is 12.2 Å². The van der Waals surface area contributed by atoms with Gasteiger partial charge in [0.15, 0.2) is 0 Å². The summed E-state index contributed by atoms with van der Waals surface area (Å²) in [6, 6.07) is 1.77. The van der Waals surface area contributed by atoms with Crippen molar-refractivity contribution in [2.24, 2.45) is 5.92 Å². The van der Waals surface area contributed by atoms with Crippen LogP contribution in [0.4, 0.5) is 5.82 Å². The summed E-state index contributed by atoms with van der Waals surface area (Å²) < 4.78 is 5.34. The van der Waals surface area contributed by atoms with Gasteiger partial charge in [0, 0.05) is 12.6 Å². The number of nitrogens with zero attached hydrogens (tertiary/aromatic N) is 2. The highest BCUT2D eigenvalue weighted by Crippen LogP contribution is 2.33. The molecule has 0 unspecified atom stereocenters. The summed E-state index contributed by atoms with van der Waals surface area (Å²) in [5.74, 6) is 2.04. The van der Waals surface area contributed by atoms with Crippen LogP contribution in [0.5, 0.6) is 5.88 Å². The van der Waals surface area contributed by atoms with Gasteiger partial charge in [0.1, 0.15) is 12.1 Å². The molecule has 1 aliphatic rings. The first-order valence-corrected chi connectivity index (χ1v) is 7.56. The van der Waals surface area contributed by atoms with E-state index in [9.17, 15) is 5.11 Å². The predicted octanol–water partition coefficient (Wildman–Crippen LogP) is 2.62. The lowest BCUT2D eigenvalue weighted by atomic mass is 9.78. The van der Waals surface area contributed by atoms with Gasteiger partial charge in [0.2, 0.25) is 5.88 Å². The van der Waals surface area contributed by atoms with Crippen molar-refractivity contribution < 1.29 is 9.84 Å². The zero-order valence-corrected chi connectivity index (χ0v) is 12.4. The van der Waals surface area contributed by atoms with Crippen molar-refractivity contribution in [2.75, 3.05) is 18.5 Å². The van der Waals surface area contributed by atoms with E-state index in [1.807, 2.05) is 6.92 Å². The summed E-state index contributed by atoms with van der Waals surface area (Å²) in [5.41, 5.74) is -0.609. The molecule has 0 bridgehead atoms. The molecule has 1 aromatic rings. The second-order valence-electron chi connectivity index (χ2n) is 5.60. The van der Waals surface area contributed by atoms with E-state index < -0.39 is 5.60 Å². The number of aliphatic hydroxyl groups is 1. The quantitative estimate of drug-likeness (QED) is 0.838. The molecular weight excluding hydrogens is 254 g/mol. The Bertz CT molecular complexity index is 417. The van der Waals surface area contributed by atoms with Gasteiger partial charge >= 0.3 is 0 Å². The smallest absolute Gasteiger partial charge is 0.218 e. The molecule has 1 aliphatic carbocycles. The minimum atomic E-state index is -0.609. The Balaban J connectivity index is 1.87. The molecule has 0 spiro atoms. The second kappa shape index (κ2) is 6.88. The van der Waals surface area contributed by atoms with Gasteiger partial charge in [-0.2, -0.15) is 0 Å². The average molecular weight is 279 g/mol. The number of ether oxygens (including phenoxy) is 1. The summed E-state index contributed by atoms with van der Waals surface area (Å²) in [6.07, 6.45) is 6.65. The Morgan fingerprint density at radius 1 is 1.35 bits per heavy atom. The number of anilines is 1. The van der Waals surface area contributed by atoms with E-state index in [0.717, 1.165) is 31.6 Å². The molecule has 5 heteroatoms. The summed E-state index contributed by atoms with van der Waals surface area (Å²) in [6.45, 7) is 5.26. The lowest BCUT2D eigenvalue weighted by molar-refractivity contribution is 0.00222. The Morgan fingerprint density at radius 3 is 2.75 bits per heavy atom. The van der Waals surface area contributed by atoms with Crippen molar-refractivity contribution in [1.82, 2.24) is 9.97 Å². The second-order valence-corrected chi connectivity index (χ2v) is 5.60. The fourth-order valence-corrected chi connectivity index (χ4v) is 2.72. The van der Waals surface area contributed by atoms with Crippen molar-refractivity contribution >= 4 is 5.82 Å². The largest absolute Gasteiger partial charge is 0.478 e. The monoisotopic (exact) mass is 279 g/mol. The standard InChI is InChI=1S/C15H25N3O2/c1-3-12-5-7-15(19,8-6-12)10-16-13-9-14(20-4-2)18-11-17-13/h9,11-12,19H,3-8,10H2,1-2H3,(H,16,17,18). The van der Waals surface area contributed by atoms with E-state index in [4.69, 9.17) is 4.74 Å². The van der Waals surface area contributed by atoms with Crippen molar-refractivity contribution in [1.29, 1.82) is 0 Å². The molecular formula is C15H25N3O2. The van der Waals surface area contributed by atoms with Crippen LogP contribution in [0.15, 0.2) is 12.4 Å². The number of nitrogens with one attached hydrogen (secondary N) is 1. The van der Waals surface area contributed by atoms with Gasteiger partial charge in [-0.3, -0.25) is 0 Å². The fourth-order valence-electron chi connectivity index (χ4n) is 2.72. The summed E-state index contributed by atoms with van der Waals surface area (Å²) in [5, 5.41) is 13.8. The Morgan fingerprint density at radius 2 is 2.10 bits per heavy atom. The third-order valence-electron chi connectivity index (χ3n) is 4.15. The first kappa shape index (κ1) is 15.0. The summed E-state index contributed by atoms with van der Waals surface area (Å²) in [4.78, 5) is 8.18. The van der Waals surface area contributed by atoms with Crippen molar-refractivity contribution in [3.63, 3.8) is 0 Å². The first-order chi connectivity index (χ1) is 9.65. The molecule has 1 aromatic heterocycles. The molecule has 0 atom stereocenters. The van der Waals surface area contributed by atoms with Crippen LogP contribution < -0.4 is 10.1 Å². The van der Waals surface area contributed by atoms with Gasteiger partial charge in [-0.1, -0.05) is 13.3 Å². The molecule has 0 saturated heterocycles. The van der Waals surface area contributed by atoms with Crippen LogP contribution in [-0.4, -0.2) is 33.8 Å². The molecule has 0 amide bonds. The van der Waals surface area contributed by atoms with Crippen LogP contribution in [0.1, 0.15) is 46.0 Å². The lowest BCUT2D eigenvalue weighted by Gasteiger charge is -2.36. The van der Waals surface area contributed by atoms with Gasteiger partial charge in [-0.15, -0.1) is 0 Å². The van der Waals surface area contributed by atoms with Gasteiger partial charge in [0.25, 0.3) is 0 Å². The minimum absolute atomic E-state index is 0.534. The summed E-state index contributed by atoms with van der Waals surface area (Å²) >= 11 is 0. The predicted molar refractivity (Wildman–Crippen MR) is 78.9 cm³/mol. The van der Waals surface area contributed by atoms with Crippen LogP contribution in [0, 0.1) is 5.92 Å². The fraction of sp³-hybridized carbons (Fsp3) is 0.733. The molecule has 112 valence electrons. The highest BCUT2D eigenvalue weighted by molar-refractivity contribution is 5.37. The molecule has 0 radical (unpaired) electrons. The van der Waals surface area contributed by atoms with E-state index >= 15 is 0 Å². The van der Waals surface area contributed by atoms with Crippen molar-refractivity contribution in [3.8, 4) is 5.88 Å². The van der Waals surface area contributed by atoms with E-state index in [2.05, 4.69) is 22.2 Å². The first-order valence-electron chi connectivity index (χ1n) is 7.56. The van der Waals surface area contributed by atoms with E-state index in [1.54, 1.807) is 6.07 Å². The highest BCUT2D eigenvalue weighted by atomic mass is 16.5. The third-order valence-corrected chi connectivity index (χ3v) is 4.15. The van der Waals surface area contributed by atoms with Gasteiger partial charge < -0.3 is 15.2 Å². The van der Waals surface area contributed by atoms with Crippen LogP contribution in [0.2, 0.25) is 0 Å². The molecule has 5 nitrogen and oxygen atoms in total. The summed E-state index contributed by atoms with van der Waals surface area (Å²) in [7, 11) is 0. The Kier molecular flexibility index (Phi) is 5.17. The number of rotatable bonds is 6. The van der Waals surface area contributed by atoms with E-state index in [0.29, 0.717) is 24.8 Å². The zero-order chi connectivity index (χ0) is 14.4. The van der Waals surface area contributed by atoms with Crippen LogP contribution in [0.25, 0.3) is 0 Å². The molecule has 0 aromatic carbocycles. The number of aromatic nitrogens is 2. The van der Waals surface area contributed by atoms with E-state index in [-0.39, 0.29) is 0 Å². The molecule has 1 heterocycles. The highest BCUT2D eigenvalue weighted by Gasteiger charge is 2.32. The SMILES string of the molecule is CCOc1cc(NCC2(O)CCC(CC)CC2)ncn1. The topological polar surface area (TPSA) is 67.3 Å². The average Bonchev–Trinajstić information content (AvgIpc) is 2.47. The van der Waals surface area contributed by atoms with Gasteiger partial charge in [-0.05, 0) is 38.5 Å². The normalized spacial score (nSPS) is 26.2. The molecule has 2 N–H and O–H groups in total. The van der Waals surface area contributed by atoms with Crippen LogP contribution in [-0.2, 0) is 0 Å². The Hall–Kier alpha value is -1.36. The van der Waals surface area contributed by atoms with Crippen LogP contribution in [0.3, 0.4) is 0 Å². The lowest BCUT2D eigenvalue weighted by Crippen LogP contribution is -2.40. The molecule has 1 fully saturated rings. The van der Waals surface area contributed by atoms with Crippen molar-refractivity contribution in [3.05, 3.63) is 12.4 Å². The maximum Gasteiger partial charge on any atom is 0.218 e. The molecule has 2 rings (SSSR count). The maximum atomic E-state index is 10.6. The minimum Gasteiger partial charge on any atom is -0.478 e. The third kappa shape index (κ3) is 4.07. The number of hydrogen-bond acceptors (Lipinski definition) is 5. The Labute approximate surface area is 120 Å². The van der Waals surface area contributed by atoms with E-state index in [1.165, 1.54) is 12.7 Å². The number of hydrogen-bond donors (Lipinski definition) is 2. The molecule has 0 aliphatic heterocycles. The van der Waals surface area contributed by atoms with Gasteiger partial charge in [-0.25, -0.2) is 9.97 Å². The maximum absolute atomic E-state index is 10.6. The zero-order valence-electron chi connectivity index (χ0n) is 12.4. The van der Waals surface area contributed by atoms with Crippen LogP contribution >= 0.6 is 0 Å².